The van der Waals surface area contributed by atoms with Crippen LogP contribution in [0.25, 0.3) is 0 Å². The molecular formula is C41H66O10. The van der Waals surface area contributed by atoms with Crippen LogP contribution in [0.1, 0.15) is 116 Å². The van der Waals surface area contributed by atoms with Crippen molar-refractivity contribution in [1.29, 1.82) is 0 Å². The van der Waals surface area contributed by atoms with Gasteiger partial charge in [0.25, 0.3) is 0 Å². The molecule has 1 aliphatic heterocycles. The summed E-state index contributed by atoms with van der Waals surface area (Å²) in [5, 5.41) is 39.9. The largest absolute Gasteiger partial charge is 0.462 e. The van der Waals surface area contributed by atoms with Crippen LogP contribution in [-0.2, 0) is 28.5 Å². The Morgan fingerprint density at radius 1 is 0.608 bits per heavy atom. The molecule has 1 saturated heterocycles. The number of rotatable bonds is 31. The van der Waals surface area contributed by atoms with E-state index < -0.39 is 55.4 Å². The van der Waals surface area contributed by atoms with Crippen LogP contribution >= 0.6 is 0 Å². The van der Waals surface area contributed by atoms with Gasteiger partial charge in [-0.3, -0.25) is 9.59 Å². The van der Waals surface area contributed by atoms with Gasteiger partial charge in [-0.2, -0.15) is 0 Å². The first-order valence-corrected chi connectivity index (χ1v) is 18.9. The van der Waals surface area contributed by atoms with Crippen molar-refractivity contribution in [3.8, 4) is 0 Å². The van der Waals surface area contributed by atoms with Crippen molar-refractivity contribution in [1.82, 2.24) is 0 Å². The van der Waals surface area contributed by atoms with Crippen LogP contribution in [0.4, 0.5) is 0 Å². The number of unbranched alkanes of at least 4 members (excludes halogenated alkanes) is 10. The second-order valence-electron chi connectivity index (χ2n) is 12.8. The average molecular weight is 719 g/mol. The maximum absolute atomic E-state index is 12.7. The molecule has 0 aromatic heterocycles. The molecule has 0 aromatic rings. The Morgan fingerprint density at radius 2 is 1.10 bits per heavy atom. The van der Waals surface area contributed by atoms with E-state index in [9.17, 15) is 30.0 Å². The van der Waals surface area contributed by atoms with Crippen molar-refractivity contribution >= 4 is 11.9 Å². The summed E-state index contributed by atoms with van der Waals surface area (Å²) in [7, 11) is 0. The van der Waals surface area contributed by atoms with Gasteiger partial charge in [0.05, 0.1) is 13.2 Å². The summed E-state index contributed by atoms with van der Waals surface area (Å²) in [5.74, 6) is -0.866. The van der Waals surface area contributed by atoms with Crippen molar-refractivity contribution in [2.75, 3.05) is 19.8 Å². The van der Waals surface area contributed by atoms with Crippen LogP contribution in [0.3, 0.4) is 0 Å². The molecule has 1 rings (SSSR count). The van der Waals surface area contributed by atoms with Gasteiger partial charge in [-0.25, -0.2) is 0 Å². The number of esters is 2. The van der Waals surface area contributed by atoms with Crippen LogP contribution in [0.5, 0.6) is 0 Å². The molecule has 1 heterocycles. The van der Waals surface area contributed by atoms with Crippen LogP contribution in [-0.4, -0.2) is 89.0 Å². The minimum Gasteiger partial charge on any atom is -0.462 e. The molecule has 290 valence electrons. The first-order valence-electron chi connectivity index (χ1n) is 18.9. The van der Waals surface area contributed by atoms with Crippen molar-refractivity contribution in [2.24, 2.45) is 0 Å². The summed E-state index contributed by atoms with van der Waals surface area (Å²) >= 11 is 0. The third-order valence-electron chi connectivity index (χ3n) is 8.34. The number of hydrogen-bond donors (Lipinski definition) is 4. The lowest BCUT2D eigenvalue weighted by Gasteiger charge is -2.39. The molecule has 10 nitrogen and oxygen atoms in total. The van der Waals surface area contributed by atoms with Gasteiger partial charge in [-0.15, -0.1) is 13.2 Å². The predicted octanol–water partition coefficient (Wildman–Crippen LogP) is 6.88. The molecule has 0 amide bonds. The lowest BCUT2D eigenvalue weighted by Crippen LogP contribution is -2.59. The van der Waals surface area contributed by atoms with Crippen LogP contribution in [0.15, 0.2) is 73.9 Å². The maximum atomic E-state index is 12.7. The van der Waals surface area contributed by atoms with Gasteiger partial charge in [0.1, 0.15) is 31.0 Å². The number of aliphatic hydroxyl groups excluding tert-OH is 4. The van der Waals surface area contributed by atoms with Crippen LogP contribution in [0.2, 0.25) is 0 Å². The molecule has 0 saturated carbocycles. The Hall–Kier alpha value is -2.86. The molecular weight excluding hydrogens is 652 g/mol. The van der Waals surface area contributed by atoms with E-state index in [1.54, 1.807) is 0 Å². The fraction of sp³-hybridized carbons (Fsp3) is 0.659. The normalized spacial score (nSPS) is 21.5. The highest BCUT2D eigenvalue weighted by atomic mass is 16.7. The summed E-state index contributed by atoms with van der Waals surface area (Å²) in [6.45, 7) is 6.25. The monoisotopic (exact) mass is 718 g/mol. The van der Waals surface area contributed by atoms with Gasteiger partial charge in [0.15, 0.2) is 12.4 Å². The van der Waals surface area contributed by atoms with E-state index in [1.807, 2.05) is 12.2 Å². The van der Waals surface area contributed by atoms with E-state index in [0.717, 1.165) is 89.9 Å². The SMILES string of the molecule is C=CC/C=C/C/C=C\CCCCCCCC(=O)O[C@H](COC(=O)CCCCCCC/C=C/C/C=C/CC=C)CO[C@@H]1O[C@H](CO)[C@H](O)[C@H](O)[C@H]1O. The molecule has 0 aromatic carbocycles. The van der Waals surface area contributed by atoms with E-state index in [4.69, 9.17) is 18.9 Å². The molecule has 0 aliphatic carbocycles. The fourth-order valence-corrected chi connectivity index (χ4v) is 5.31. The predicted molar refractivity (Wildman–Crippen MR) is 201 cm³/mol. The molecule has 1 aliphatic rings. The Kier molecular flexibility index (Phi) is 28.8. The van der Waals surface area contributed by atoms with Crippen LogP contribution < -0.4 is 0 Å². The molecule has 4 N–H and O–H groups in total. The van der Waals surface area contributed by atoms with E-state index in [-0.39, 0.29) is 26.1 Å². The zero-order valence-corrected chi connectivity index (χ0v) is 30.7. The number of carbonyl (C=O) groups is 2. The number of ether oxygens (including phenoxy) is 4. The minimum absolute atomic E-state index is 0.198. The maximum Gasteiger partial charge on any atom is 0.306 e. The second-order valence-corrected chi connectivity index (χ2v) is 12.8. The molecule has 10 heteroatoms. The van der Waals surface area contributed by atoms with Crippen molar-refractivity contribution in [3.05, 3.63) is 73.9 Å². The van der Waals surface area contributed by atoms with E-state index >= 15 is 0 Å². The highest BCUT2D eigenvalue weighted by Crippen LogP contribution is 2.22. The third-order valence-corrected chi connectivity index (χ3v) is 8.34. The summed E-state index contributed by atoms with van der Waals surface area (Å²) in [6.07, 6.45) is 28.4. The highest BCUT2D eigenvalue weighted by Gasteiger charge is 2.44. The Bertz CT molecular complexity index is 1030. The topological polar surface area (TPSA) is 152 Å². The highest BCUT2D eigenvalue weighted by molar-refractivity contribution is 5.70. The summed E-state index contributed by atoms with van der Waals surface area (Å²) < 4.78 is 22.0. The van der Waals surface area contributed by atoms with Crippen LogP contribution in [0, 0.1) is 0 Å². The summed E-state index contributed by atoms with van der Waals surface area (Å²) in [4.78, 5) is 25.2. The minimum atomic E-state index is -1.60. The summed E-state index contributed by atoms with van der Waals surface area (Å²) in [6, 6.07) is 0. The van der Waals surface area contributed by atoms with E-state index in [2.05, 4.69) is 61.8 Å². The van der Waals surface area contributed by atoms with Gasteiger partial charge < -0.3 is 39.4 Å². The van der Waals surface area contributed by atoms with Gasteiger partial charge in [-0.05, 0) is 64.2 Å². The average Bonchev–Trinajstić information content (AvgIpc) is 3.13. The second kappa shape index (κ2) is 31.8. The lowest BCUT2D eigenvalue weighted by atomic mass is 9.99. The molecule has 0 bridgehead atoms. The summed E-state index contributed by atoms with van der Waals surface area (Å²) in [5.41, 5.74) is 0. The standard InChI is InChI=1S/C41H66O10/c1-3-5-7-9-11-13-15-17-19-21-23-25-27-29-36(43)48-32-34(33-49-41-40(47)39(46)38(45)35(31-42)51-41)50-37(44)30-28-26-24-22-20-18-16-14-12-10-8-6-4-2/h3-4,7-10,13-16,34-35,38-42,45-47H,1-2,5-6,11-12,17-33H2/b9-7+,10-8+,15-13+,16-14-/t34-,35-,38+,39+,40-,41-/m1/s1. The quantitative estimate of drug-likeness (QED) is 0.0339. The molecule has 0 unspecified atom stereocenters. The lowest BCUT2D eigenvalue weighted by molar-refractivity contribution is -0.305. The fourth-order valence-electron chi connectivity index (χ4n) is 5.31. The van der Waals surface area contributed by atoms with Gasteiger partial charge >= 0.3 is 11.9 Å². The van der Waals surface area contributed by atoms with E-state index in [1.165, 1.54) is 0 Å². The van der Waals surface area contributed by atoms with Crippen molar-refractivity contribution in [2.45, 2.75) is 152 Å². The Morgan fingerprint density at radius 3 is 1.65 bits per heavy atom. The number of hydrogen-bond acceptors (Lipinski definition) is 10. The number of carbonyl (C=O) groups excluding carboxylic acids is 2. The number of aliphatic hydroxyl groups is 4. The van der Waals surface area contributed by atoms with Crippen molar-refractivity contribution in [3.63, 3.8) is 0 Å². The third kappa shape index (κ3) is 24.1. The molecule has 51 heavy (non-hydrogen) atoms. The number of allylic oxidation sites excluding steroid dienone is 10. The zero-order chi connectivity index (χ0) is 37.4. The first kappa shape index (κ1) is 46.2. The van der Waals surface area contributed by atoms with Gasteiger partial charge in [0, 0.05) is 12.8 Å². The Labute approximate surface area is 306 Å². The zero-order valence-electron chi connectivity index (χ0n) is 30.7. The van der Waals surface area contributed by atoms with Gasteiger partial charge in [-0.1, -0.05) is 99.3 Å². The van der Waals surface area contributed by atoms with Gasteiger partial charge in [0.2, 0.25) is 0 Å². The molecule has 0 radical (unpaired) electrons. The smallest absolute Gasteiger partial charge is 0.306 e. The first-order chi connectivity index (χ1) is 24.8. The van der Waals surface area contributed by atoms with Crippen molar-refractivity contribution < 1.29 is 49.0 Å². The molecule has 1 fully saturated rings. The Balaban J connectivity index is 2.42. The van der Waals surface area contributed by atoms with E-state index in [0.29, 0.717) is 12.8 Å². The molecule has 0 spiro atoms. The molecule has 6 atom stereocenters.